The minimum Gasteiger partial charge on any atom is -0.307 e. The van der Waals surface area contributed by atoms with Crippen molar-refractivity contribution in [2.75, 3.05) is 13.1 Å². The van der Waals surface area contributed by atoms with Crippen molar-refractivity contribution in [1.82, 2.24) is 10.6 Å². The molecule has 0 rings (SSSR count). The minimum atomic E-state index is -0.0941. The minimum absolute atomic E-state index is 0.00150. The zero-order valence-electron chi connectivity index (χ0n) is 14.7. The van der Waals surface area contributed by atoms with E-state index in [1.54, 1.807) is 0 Å². The molecule has 4 nitrogen and oxygen atoms in total. The molecule has 0 bridgehead atoms. The molecule has 0 fully saturated rings. The fourth-order valence-electron chi connectivity index (χ4n) is 2.07. The first-order valence-corrected chi connectivity index (χ1v) is 8.25. The number of nitrogens with one attached hydrogen (secondary N) is 2. The molecular weight excluding hydrogens is 264 g/mol. The van der Waals surface area contributed by atoms with Crippen molar-refractivity contribution < 1.29 is 9.59 Å². The highest BCUT2D eigenvalue weighted by molar-refractivity contribution is 5.83. The van der Waals surface area contributed by atoms with Crippen molar-refractivity contribution in [2.45, 2.75) is 79.3 Å². The molecule has 2 N–H and O–H groups in total. The Morgan fingerprint density at radius 3 is 1.48 bits per heavy atom. The lowest BCUT2D eigenvalue weighted by atomic mass is 9.92. The average molecular weight is 298 g/mol. The van der Waals surface area contributed by atoms with Gasteiger partial charge >= 0.3 is 0 Å². The standard InChI is InChI=1S/C17H34N2O2/c1-7-9-15(20)13(3)18-11-17(5,6)12-19-14(4)16(21)10-8-2/h13-14,18-19H,7-12H2,1-6H3. The smallest absolute Gasteiger partial charge is 0.149 e. The topological polar surface area (TPSA) is 58.2 Å². The Labute approximate surface area is 130 Å². The van der Waals surface area contributed by atoms with E-state index in [1.807, 2.05) is 27.7 Å². The van der Waals surface area contributed by atoms with Gasteiger partial charge in [0.05, 0.1) is 12.1 Å². The number of rotatable bonds is 12. The normalized spacial score (nSPS) is 14.8. The number of carbonyl (C=O) groups is 2. The lowest BCUT2D eigenvalue weighted by Crippen LogP contribution is -2.46. The maximum Gasteiger partial charge on any atom is 0.149 e. The van der Waals surface area contributed by atoms with Crippen LogP contribution in [0.2, 0.25) is 0 Å². The Kier molecular flexibility index (Phi) is 9.71. The molecule has 0 aromatic heterocycles. The molecule has 2 unspecified atom stereocenters. The van der Waals surface area contributed by atoms with Crippen LogP contribution in [-0.2, 0) is 9.59 Å². The van der Waals surface area contributed by atoms with Crippen LogP contribution in [0.4, 0.5) is 0 Å². The Morgan fingerprint density at radius 1 is 0.857 bits per heavy atom. The van der Waals surface area contributed by atoms with Crippen molar-refractivity contribution >= 4 is 11.6 Å². The molecule has 0 aliphatic rings. The van der Waals surface area contributed by atoms with Gasteiger partial charge in [-0.3, -0.25) is 9.59 Å². The van der Waals surface area contributed by atoms with Gasteiger partial charge in [0.1, 0.15) is 11.6 Å². The quantitative estimate of drug-likeness (QED) is 0.581. The van der Waals surface area contributed by atoms with Gasteiger partial charge in [-0.05, 0) is 32.1 Å². The van der Waals surface area contributed by atoms with Gasteiger partial charge in [-0.25, -0.2) is 0 Å². The average Bonchev–Trinajstić information content (AvgIpc) is 2.42. The second-order valence-electron chi connectivity index (χ2n) is 6.80. The number of hydrogen-bond acceptors (Lipinski definition) is 4. The van der Waals surface area contributed by atoms with Crippen molar-refractivity contribution in [1.29, 1.82) is 0 Å². The first-order valence-electron chi connectivity index (χ1n) is 8.25. The highest BCUT2D eigenvalue weighted by Gasteiger charge is 2.22. The van der Waals surface area contributed by atoms with Crippen LogP contribution in [0.15, 0.2) is 0 Å². The lowest BCUT2D eigenvalue weighted by molar-refractivity contribution is -0.121. The summed E-state index contributed by atoms with van der Waals surface area (Å²) in [7, 11) is 0. The third kappa shape index (κ3) is 8.99. The van der Waals surface area contributed by atoms with Gasteiger partial charge in [-0.1, -0.05) is 27.7 Å². The van der Waals surface area contributed by atoms with E-state index in [0.717, 1.165) is 25.9 Å². The zero-order chi connectivity index (χ0) is 16.5. The molecule has 0 aliphatic heterocycles. The van der Waals surface area contributed by atoms with Crippen LogP contribution in [-0.4, -0.2) is 36.7 Å². The molecule has 0 spiro atoms. The van der Waals surface area contributed by atoms with E-state index in [9.17, 15) is 9.59 Å². The molecule has 2 atom stereocenters. The summed E-state index contributed by atoms with van der Waals surface area (Å²) in [5.41, 5.74) is 0.00150. The Balaban J connectivity index is 4.13. The molecule has 0 saturated heterocycles. The number of hydrogen-bond donors (Lipinski definition) is 2. The Hall–Kier alpha value is -0.740. The summed E-state index contributed by atoms with van der Waals surface area (Å²) in [6.07, 6.45) is 3.06. The molecule has 0 radical (unpaired) electrons. The first-order chi connectivity index (χ1) is 9.73. The van der Waals surface area contributed by atoms with Crippen LogP contribution in [0.25, 0.3) is 0 Å². The van der Waals surface area contributed by atoms with E-state index in [2.05, 4.69) is 24.5 Å². The summed E-state index contributed by atoms with van der Waals surface area (Å²) in [5, 5.41) is 6.62. The number of ketones is 2. The molecule has 0 amide bonds. The molecule has 4 heteroatoms. The van der Waals surface area contributed by atoms with Gasteiger partial charge in [-0.15, -0.1) is 0 Å². The Morgan fingerprint density at radius 2 is 1.19 bits per heavy atom. The van der Waals surface area contributed by atoms with Crippen LogP contribution >= 0.6 is 0 Å². The van der Waals surface area contributed by atoms with Gasteiger partial charge in [0.2, 0.25) is 0 Å². The van der Waals surface area contributed by atoms with E-state index in [-0.39, 0.29) is 29.1 Å². The second kappa shape index (κ2) is 10.1. The lowest BCUT2D eigenvalue weighted by Gasteiger charge is -2.28. The van der Waals surface area contributed by atoms with Gasteiger partial charge in [0, 0.05) is 25.9 Å². The van der Waals surface area contributed by atoms with Crippen molar-refractivity contribution in [2.24, 2.45) is 5.41 Å². The molecule has 124 valence electrons. The maximum atomic E-state index is 11.8. The van der Waals surface area contributed by atoms with Gasteiger partial charge in [0.15, 0.2) is 0 Å². The predicted octanol–water partition coefficient (Wildman–Crippen LogP) is 2.71. The summed E-state index contributed by atoms with van der Waals surface area (Å²) < 4.78 is 0. The summed E-state index contributed by atoms with van der Waals surface area (Å²) in [5.74, 6) is 0.542. The summed E-state index contributed by atoms with van der Waals surface area (Å²) in [6, 6.07) is -0.188. The zero-order valence-corrected chi connectivity index (χ0v) is 14.7. The molecule has 0 heterocycles. The van der Waals surface area contributed by atoms with E-state index >= 15 is 0 Å². The molecule has 0 aliphatic carbocycles. The molecule has 0 aromatic rings. The summed E-state index contributed by atoms with van der Waals surface area (Å²) in [6.45, 7) is 13.7. The van der Waals surface area contributed by atoms with E-state index in [1.165, 1.54) is 0 Å². The van der Waals surface area contributed by atoms with Gasteiger partial charge in [0.25, 0.3) is 0 Å². The predicted molar refractivity (Wildman–Crippen MR) is 88.5 cm³/mol. The summed E-state index contributed by atoms with van der Waals surface area (Å²) in [4.78, 5) is 23.5. The van der Waals surface area contributed by atoms with Crippen molar-refractivity contribution in [3.63, 3.8) is 0 Å². The van der Waals surface area contributed by atoms with Crippen molar-refractivity contribution in [3.8, 4) is 0 Å². The fraction of sp³-hybridized carbons (Fsp3) is 0.882. The largest absolute Gasteiger partial charge is 0.307 e. The summed E-state index contributed by atoms with van der Waals surface area (Å²) >= 11 is 0. The maximum absolute atomic E-state index is 11.8. The third-order valence-electron chi connectivity index (χ3n) is 3.73. The fourth-order valence-corrected chi connectivity index (χ4v) is 2.07. The van der Waals surface area contributed by atoms with E-state index in [0.29, 0.717) is 12.8 Å². The number of Topliss-reactive ketones (excluding diaryl/α,β-unsaturated/α-hetero) is 2. The molecular formula is C17H34N2O2. The van der Waals surface area contributed by atoms with E-state index in [4.69, 9.17) is 0 Å². The van der Waals surface area contributed by atoms with Crippen molar-refractivity contribution in [3.05, 3.63) is 0 Å². The van der Waals surface area contributed by atoms with Crippen LogP contribution in [0.1, 0.15) is 67.2 Å². The van der Waals surface area contributed by atoms with Gasteiger partial charge < -0.3 is 10.6 Å². The Bertz CT molecular complexity index is 297. The van der Waals surface area contributed by atoms with Crippen LogP contribution in [0, 0.1) is 5.41 Å². The highest BCUT2D eigenvalue weighted by Crippen LogP contribution is 2.13. The SMILES string of the molecule is CCCC(=O)C(C)NCC(C)(C)CNC(C)C(=O)CCC. The highest BCUT2D eigenvalue weighted by atomic mass is 16.1. The van der Waals surface area contributed by atoms with Crippen LogP contribution in [0.3, 0.4) is 0 Å². The van der Waals surface area contributed by atoms with Crippen LogP contribution < -0.4 is 10.6 Å². The molecule has 21 heavy (non-hydrogen) atoms. The molecule has 0 saturated carbocycles. The third-order valence-corrected chi connectivity index (χ3v) is 3.73. The monoisotopic (exact) mass is 298 g/mol. The van der Waals surface area contributed by atoms with E-state index < -0.39 is 0 Å². The van der Waals surface area contributed by atoms with Crippen LogP contribution in [0.5, 0.6) is 0 Å². The second-order valence-corrected chi connectivity index (χ2v) is 6.80. The number of carbonyl (C=O) groups excluding carboxylic acids is 2. The molecule has 0 aromatic carbocycles. The van der Waals surface area contributed by atoms with Gasteiger partial charge in [-0.2, -0.15) is 0 Å². The first kappa shape index (κ1) is 20.3.